The highest BCUT2D eigenvalue weighted by atomic mass is 32.1. The van der Waals surface area contributed by atoms with E-state index >= 15 is 0 Å². The summed E-state index contributed by atoms with van der Waals surface area (Å²) in [6.07, 6.45) is 9.60. The lowest BCUT2D eigenvalue weighted by Crippen LogP contribution is -2.33. The van der Waals surface area contributed by atoms with Gasteiger partial charge < -0.3 is 5.32 Å². The van der Waals surface area contributed by atoms with Gasteiger partial charge in [-0.3, -0.25) is 0 Å². The van der Waals surface area contributed by atoms with Crippen molar-refractivity contribution in [1.82, 2.24) is 10.3 Å². The van der Waals surface area contributed by atoms with E-state index in [4.69, 9.17) is 0 Å². The van der Waals surface area contributed by atoms with Gasteiger partial charge in [0, 0.05) is 18.0 Å². The number of rotatable bonds is 5. The zero-order chi connectivity index (χ0) is 12.8. The molecule has 0 bridgehead atoms. The second kappa shape index (κ2) is 7.25. The summed E-state index contributed by atoms with van der Waals surface area (Å²) >= 11 is 1.79. The molecule has 1 fully saturated rings. The normalized spacial score (nSPS) is 19.7. The average molecular weight is 266 g/mol. The monoisotopic (exact) mass is 266 g/mol. The minimum absolute atomic E-state index is 0.634. The molecule has 1 heterocycles. The third-order valence-corrected chi connectivity index (χ3v) is 5.16. The van der Waals surface area contributed by atoms with E-state index in [0.29, 0.717) is 6.04 Å². The molecule has 0 amide bonds. The number of hydrogen-bond acceptors (Lipinski definition) is 3. The number of thiazole rings is 1. The molecular formula is C15H26N2S. The fourth-order valence-corrected chi connectivity index (χ4v) is 3.58. The van der Waals surface area contributed by atoms with E-state index in [2.05, 4.69) is 29.5 Å². The standard InChI is InChI=1S/C15H26N2S/c1-3-15-17-14(11-18-15)10-16-12(2)13-8-6-4-5-7-9-13/h11-13,16H,3-10H2,1-2H3/t12-/m0/s1. The highest BCUT2D eigenvalue weighted by molar-refractivity contribution is 7.09. The van der Waals surface area contributed by atoms with Crippen LogP contribution in [0.4, 0.5) is 0 Å². The Morgan fingerprint density at radius 3 is 2.67 bits per heavy atom. The Bertz CT molecular complexity index is 340. The number of hydrogen-bond donors (Lipinski definition) is 1. The zero-order valence-electron chi connectivity index (χ0n) is 11.7. The lowest BCUT2D eigenvalue weighted by atomic mass is 9.93. The average Bonchev–Trinajstić information content (AvgIpc) is 2.68. The van der Waals surface area contributed by atoms with Crippen molar-refractivity contribution in [2.24, 2.45) is 5.92 Å². The molecule has 0 aliphatic heterocycles. The highest BCUT2D eigenvalue weighted by Gasteiger charge is 2.18. The van der Waals surface area contributed by atoms with Gasteiger partial charge in [-0.25, -0.2) is 4.98 Å². The molecule has 0 aromatic carbocycles. The van der Waals surface area contributed by atoms with Gasteiger partial charge in [0.15, 0.2) is 0 Å². The van der Waals surface area contributed by atoms with E-state index in [1.165, 1.54) is 49.2 Å². The molecule has 1 saturated carbocycles. The second-order valence-corrected chi connectivity index (χ2v) is 6.45. The molecule has 1 aliphatic rings. The Balaban J connectivity index is 1.77. The maximum atomic E-state index is 4.62. The van der Waals surface area contributed by atoms with E-state index in [0.717, 1.165) is 18.9 Å². The number of aryl methyl sites for hydroxylation is 1. The molecule has 1 N–H and O–H groups in total. The molecule has 1 aromatic rings. The number of nitrogens with zero attached hydrogens (tertiary/aromatic N) is 1. The Morgan fingerprint density at radius 1 is 1.33 bits per heavy atom. The predicted molar refractivity (Wildman–Crippen MR) is 79.0 cm³/mol. The zero-order valence-corrected chi connectivity index (χ0v) is 12.6. The number of aromatic nitrogens is 1. The van der Waals surface area contributed by atoms with Crippen molar-refractivity contribution in [2.75, 3.05) is 0 Å². The van der Waals surface area contributed by atoms with Crippen molar-refractivity contribution in [2.45, 2.75) is 71.4 Å². The van der Waals surface area contributed by atoms with Gasteiger partial charge in [0.1, 0.15) is 0 Å². The van der Waals surface area contributed by atoms with Crippen LogP contribution in [0.25, 0.3) is 0 Å². The van der Waals surface area contributed by atoms with Gasteiger partial charge >= 0.3 is 0 Å². The van der Waals surface area contributed by atoms with Crippen LogP contribution in [0.15, 0.2) is 5.38 Å². The summed E-state index contributed by atoms with van der Waals surface area (Å²) < 4.78 is 0. The van der Waals surface area contributed by atoms with Gasteiger partial charge in [-0.05, 0) is 32.1 Å². The minimum atomic E-state index is 0.634. The molecule has 102 valence electrons. The van der Waals surface area contributed by atoms with Crippen LogP contribution in [-0.2, 0) is 13.0 Å². The molecule has 1 aliphatic carbocycles. The minimum Gasteiger partial charge on any atom is -0.308 e. The summed E-state index contributed by atoms with van der Waals surface area (Å²) in [6, 6.07) is 0.634. The summed E-state index contributed by atoms with van der Waals surface area (Å²) in [4.78, 5) is 4.62. The summed E-state index contributed by atoms with van der Waals surface area (Å²) in [6.45, 7) is 5.46. The third-order valence-electron chi connectivity index (χ3n) is 4.11. The molecule has 1 aromatic heterocycles. The van der Waals surface area contributed by atoms with Gasteiger partial charge in [0.25, 0.3) is 0 Å². The van der Waals surface area contributed by atoms with Crippen LogP contribution in [0.5, 0.6) is 0 Å². The van der Waals surface area contributed by atoms with Gasteiger partial charge in [0.2, 0.25) is 0 Å². The highest BCUT2D eigenvalue weighted by Crippen LogP contribution is 2.25. The maximum absolute atomic E-state index is 4.62. The molecule has 0 radical (unpaired) electrons. The summed E-state index contributed by atoms with van der Waals surface area (Å²) in [7, 11) is 0. The molecule has 1 atom stereocenters. The SMILES string of the molecule is CCc1nc(CN[C@@H](C)C2CCCCCC2)cs1. The topological polar surface area (TPSA) is 24.9 Å². The predicted octanol–water partition coefficient (Wildman–Crippen LogP) is 4.15. The Labute approximate surface area is 115 Å². The first-order chi connectivity index (χ1) is 8.79. The van der Waals surface area contributed by atoms with Crippen LogP contribution in [0.3, 0.4) is 0 Å². The first-order valence-electron chi connectivity index (χ1n) is 7.46. The van der Waals surface area contributed by atoms with Crippen LogP contribution in [0.1, 0.15) is 63.1 Å². The third kappa shape index (κ3) is 4.06. The smallest absolute Gasteiger partial charge is 0.0926 e. The van der Waals surface area contributed by atoms with Crippen LogP contribution in [0, 0.1) is 5.92 Å². The van der Waals surface area contributed by atoms with Crippen molar-refractivity contribution in [3.8, 4) is 0 Å². The maximum Gasteiger partial charge on any atom is 0.0926 e. The largest absolute Gasteiger partial charge is 0.308 e. The van der Waals surface area contributed by atoms with Crippen LogP contribution >= 0.6 is 11.3 Å². The Kier molecular flexibility index (Phi) is 5.64. The molecule has 0 unspecified atom stereocenters. The molecule has 0 spiro atoms. The molecule has 2 nitrogen and oxygen atoms in total. The van der Waals surface area contributed by atoms with Crippen molar-refractivity contribution in [3.05, 3.63) is 16.1 Å². The van der Waals surface area contributed by atoms with E-state index in [1.807, 2.05) is 0 Å². The molecular weight excluding hydrogens is 240 g/mol. The molecule has 18 heavy (non-hydrogen) atoms. The van der Waals surface area contributed by atoms with Crippen molar-refractivity contribution >= 4 is 11.3 Å². The lowest BCUT2D eigenvalue weighted by Gasteiger charge is -2.23. The van der Waals surface area contributed by atoms with Crippen LogP contribution < -0.4 is 5.32 Å². The summed E-state index contributed by atoms with van der Waals surface area (Å²) in [5.74, 6) is 0.872. The van der Waals surface area contributed by atoms with E-state index in [9.17, 15) is 0 Å². The van der Waals surface area contributed by atoms with E-state index < -0.39 is 0 Å². The quantitative estimate of drug-likeness (QED) is 0.810. The van der Waals surface area contributed by atoms with Crippen LogP contribution in [-0.4, -0.2) is 11.0 Å². The Hall–Kier alpha value is -0.410. The Morgan fingerprint density at radius 2 is 2.06 bits per heavy atom. The lowest BCUT2D eigenvalue weighted by molar-refractivity contribution is 0.336. The van der Waals surface area contributed by atoms with Gasteiger partial charge in [-0.15, -0.1) is 11.3 Å². The van der Waals surface area contributed by atoms with Gasteiger partial charge in [-0.1, -0.05) is 32.6 Å². The van der Waals surface area contributed by atoms with E-state index in [-0.39, 0.29) is 0 Å². The van der Waals surface area contributed by atoms with E-state index in [1.54, 1.807) is 11.3 Å². The first kappa shape index (κ1) is 14.0. The fraction of sp³-hybridized carbons (Fsp3) is 0.800. The number of nitrogens with one attached hydrogen (secondary N) is 1. The van der Waals surface area contributed by atoms with Crippen LogP contribution in [0.2, 0.25) is 0 Å². The van der Waals surface area contributed by atoms with Crippen molar-refractivity contribution < 1.29 is 0 Å². The molecule has 3 heteroatoms. The summed E-state index contributed by atoms with van der Waals surface area (Å²) in [5, 5.41) is 7.14. The summed E-state index contributed by atoms with van der Waals surface area (Å²) in [5.41, 5.74) is 1.22. The molecule has 2 rings (SSSR count). The van der Waals surface area contributed by atoms with Gasteiger partial charge in [-0.2, -0.15) is 0 Å². The molecule has 0 saturated heterocycles. The van der Waals surface area contributed by atoms with Gasteiger partial charge in [0.05, 0.1) is 10.7 Å². The van der Waals surface area contributed by atoms with Crippen molar-refractivity contribution in [3.63, 3.8) is 0 Å². The fourth-order valence-electron chi connectivity index (χ4n) is 2.84. The van der Waals surface area contributed by atoms with Crippen molar-refractivity contribution in [1.29, 1.82) is 0 Å². The second-order valence-electron chi connectivity index (χ2n) is 5.51. The first-order valence-corrected chi connectivity index (χ1v) is 8.34.